The zero-order valence-electron chi connectivity index (χ0n) is 18.3. The van der Waals surface area contributed by atoms with Crippen LogP contribution in [0.4, 0.5) is 0 Å². The predicted octanol–water partition coefficient (Wildman–Crippen LogP) is 2.57. The Balaban J connectivity index is 1.24. The fourth-order valence-electron chi connectivity index (χ4n) is 5.50. The van der Waals surface area contributed by atoms with Gasteiger partial charge in [0.15, 0.2) is 0 Å². The van der Waals surface area contributed by atoms with Gasteiger partial charge in [-0.2, -0.15) is 0 Å². The Hall–Kier alpha value is -2.18. The van der Waals surface area contributed by atoms with Gasteiger partial charge in [-0.1, -0.05) is 12.1 Å². The number of fused-ring (bicyclic) bond motifs is 2. The van der Waals surface area contributed by atoms with Gasteiger partial charge in [-0.3, -0.25) is 14.9 Å². The van der Waals surface area contributed by atoms with Crippen LogP contribution in [0.25, 0.3) is 0 Å². The van der Waals surface area contributed by atoms with E-state index in [0.29, 0.717) is 18.1 Å². The number of likely N-dealkylation sites (N-methyl/N-ethyl adjacent to an activating group) is 1. The number of pyridine rings is 1. The summed E-state index contributed by atoms with van der Waals surface area (Å²) < 4.78 is 0. The highest BCUT2D eigenvalue weighted by atomic mass is 15.4. The lowest BCUT2D eigenvalue weighted by Crippen LogP contribution is -2.46. The van der Waals surface area contributed by atoms with Crippen molar-refractivity contribution in [2.24, 2.45) is 4.99 Å². The fraction of sp³-hybridized carbons (Fsp3) is 0.583. The van der Waals surface area contributed by atoms with Crippen molar-refractivity contribution in [2.75, 3.05) is 40.3 Å². The second-order valence-corrected chi connectivity index (χ2v) is 9.08. The van der Waals surface area contributed by atoms with Crippen LogP contribution in [0, 0.1) is 0 Å². The van der Waals surface area contributed by atoms with Gasteiger partial charge in [0.05, 0.1) is 17.8 Å². The van der Waals surface area contributed by atoms with Gasteiger partial charge >= 0.3 is 0 Å². The Morgan fingerprint density at radius 2 is 2.10 bits per heavy atom. The van der Waals surface area contributed by atoms with Crippen LogP contribution in [0.2, 0.25) is 0 Å². The summed E-state index contributed by atoms with van der Waals surface area (Å²) in [5, 5.41) is 3.43. The van der Waals surface area contributed by atoms with E-state index >= 15 is 0 Å². The molecule has 1 fully saturated rings. The van der Waals surface area contributed by atoms with Gasteiger partial charge in [0.25, 0.3) is 0 Å². The van der Waals surface area contributed by atoms with Crippen molar-refractivity contribution in [3.05, 3.63) is 53.6 Å². The number of nitrogens with one attached hydrogen (secondary N) is 1. The maximum absolute atomic E-state index is 5.09. The summed E-state index contributed by atoms with van der Waals surface area (Å²) in [7, 11) is 4.33. The SMILES string of the molecule is CNC1CCN(C2=CC=CC3=NC(CN(C)C4CCCc5cccnc54)CN23)CC1. The first-order chi connectivity index (χ1) is 14.7. The Morgan fingerprint density at radius 3 is 2.93 bits per heavy atom. The zero-order valence-corrected chi connectivity index (χ0v) is 18.3. The van der Waals surface area contributed by atoms with Crippen LogP contribution in [0.15, 0.2) is 47.4 Å². The maximum Gasteiger partial charge on any atom is 0.129 e. The lowest BCUT2D eigenvalue weighted by Gasteiger charge is -2.39. The third kappa shape index (κ3) is 3.79. The molecule has 4 heterocycles. The lowest BCUT2D eigenvalue weighted by atomic mass is 9.91. The normalized spacial score (nSPS) is 26.5. The molecule has 30 heavy (non-hydrogen) atoms. The zero-order chi connectivity index (χ0) is 20.5. The average Bonchev–Trinajstić information content (AvgIpc) is 3.21. The van der Waals surface area contributed by atoms with E-state index in [2.05, 4.69) is 64.5 Å². The van der Waals surface area contributed by atoms with Crippen molar-refractivity contribution in [1.29, 1.82) is 0 Å². The molecule has 2 atom stereocenters. The van der Waals surface area contributed by atoms with E-state index in [-0.39, 0.29) is 0 Å². The number of hydrogen-bond donors (Lipinski definition) is 1. The molecule has 0 aromatic carbocycles. The number of aliphatic imine (C=N–C) groups is 1. The topological polar surface area (TPSA) is 47.0 Å². The Morgan fingerprint density at radius 1 is 1.23 bits per heavy atom. The number of nitrogens with zero attached hydrogens (tertiary/aromatic N) is 5. The number of hydrogen-bond acceptors (Lipinski definition) is 6. The first-order valence-corrected chi connectivity index (χ1v) is 11.5. The summed E-state index contributed by atoms with van der Waals surface area (Å²) in [6, 6.07) is 5.69. The van der Waals surface area contributed by atoms with E-state index in [1.165, 1.54) is 42.8 Å². The molecule has 160 valence electrons. The number of piperidine rings is 1. The van der Waals surface area contributed by atoms with Crippen molar-refractivity contribution < 1.29 is 0 Å². The Kier molecular flexibility index (Phi) is 5.61. The lowest BCUT2D eigenvalue weighted by molar-refractivity contribution is 0.187. The quantitative estimate of drug-likeness (QED) is 0.814. The summed E-state index contributed by atoms with van der Waals surface area (Å²) in [6.45, 7) is 4.18. The van der Waals surface area contributed by atoms with Crippen molar-refractivity contribution >= 4 is 5.84 Å². The summed E-state index contributed by atoms with van der Waals surface area (Å²) in [4.78, 5) is 17.3. The molecule has 6 heteroatoms. The summed E-state index contributed by atoms with van der Waals surface area (Å²) >= 11 is 0. The van der Waals surface area contributed by atoms with Gasteiger partial charge in [-0.25, -0.2) is 0 Å². The van der Waals surface area contributed by atoms with Crippen LogP contribution < -0.4 is 5.32 Å². The molecule has 4 aliphatic rings. The summed E-state index contributed by atoms with van der Waals surface area (Å²) in [5.74, 6) is 2.46. The first-order valence-electron chi connectivity index (χ1n) is 11.5. The van der Waals surface area contributed by atoms with Crippen LogP contribution >= 0.6 is 0 Å². The molecule has 5 rings (SSSR count). The smallest absolute Gasteiger partial charge is 0.129 e. The second-order valence-electron chi connectivity index (χ2n) is 9.08. The van der Waals surface area contributed by atoms with Gasteiger partial charge in [0.1, 0.15) is 11.7 Å². The van der Waals surface area contributed by atoms with Gasteiger partial charge < -0.3 is 15.1 Å². The number of rotatable bonds is 5. The number of amidine groups is 1. The second kappa shape index (κ2) is 8.52. The molecule has 0 radical (unpaired) electrons. The third-order valence-corrected chi connectivity index (χ3v) is 7.18. The molecule has 2 unspecified atom stereocenters. The van der Waals surface area contributed by atoms with E-state index in [1.54, 1.807) is 0 Å². The molecule has 1 saturated heterocycles. The highest BCUT2D eigenvalue weighted by Gasteiger charge is 2.34. The molecule has 1 N–H and O–H groups in total. The minimum Gasteiger partial charge on any atom is -0.358 e. The molecular weight excluding hydrogens is 372 g/mol. The predicted molar refractivity (Wildman–Crippen MR) is 121 cm³/mol. The van der Waals surface area contributed by atoms with Gasteiger partial charge in [-0.05, 0) is 70.0 Å². The molecule has 0 spiro atoms. The highest BCUT2D eigenvalue weighted by Crippen LogP contribution is 2.33. The number of likely N-dealkylation sites (tertiary alicyclic amines) is 1. The molecule has 0 saturated carbocycles. The first kappa shape index (κ1) is 19.8. The highest BCUT2D eigenvalue weighted by molar-refractivity contribution is 5.96. The monoisotopic (exact) mass is 406 g/mol. The molecule has 0 amide bonds. The van der Waals surface area contributed by atoms with E-state index in [9.17, 15) is 0 Å². The molecule has 1 aliphatic carbocycles. The van der Waals surface area contributed by atoms with E-state index in [1.807, 2.05) is 6.20 Å². The standard InChI is InChI=1S/C24H34N6/c1-25-19-11-14-29(15-12-19)23-10-4-9-22-27-20(17-30(22)23)16-28(2)21-8-3-6-18-7-5-13-26-24(18)21/h4-5,7,9-10,13,19-21,25H,3,6,8,11-12,14-17H2,1-2H3. The van der Waals surface area contributed by atoms with Crippen LogP contribution in [0.1, 0.15) is 43.0 Å². The fourth-order valence-corrected chi connectivity index (χ4v) is 5.50. The molecule has 3 aliphatic heterocycles. The van der Waals surface area contributed by atoms with Crippen LogP contribution in [-0.2, 0) is 6.42 Å². The van der Waals surface area contributed by atoms with Crippen molar-refractivity contribution in [2.45, 2.75) is 50.2 Å². The molecule has 1 aromatic heterocycles. The number of allylic oxidation sites excluding steroid dienone is 2. The van der Waals surface area contributed by atoms with E-state index in [4.69, 9.17) is 9.98 Å². The van der Waals surface area contributed by atoms with Crippen LogP contribution in [0.3, 0.4) is 0 Å². The molecule has 1 aromatic rings. The Labute approximate surface area is 180 Å². The minimum atomic E-state index is 0.306. The van der Waals surface area contributed by atoms with Crippen LogP contribution in [-0.4, -0.2) is 77.9 Å². The summed E-state index contributed by atoms with van der Waals surface area (Å²) in [5.41, 5.74) is 2.70. The van der Waals surface area contributed by atoms with Gasteiger partial charge in [0.2, 0.25) is 0 Å². The number of aromatic nitrogens is 1. The van der Waals surface area contributed by atoms with Crippen molar-refractivity contribution in [3.63, 3.8) is 0 Å². The minimum absolute atomic E-state index is 0.306. The van der Waals surface area contributed by atoms with Gasteiger partial charge in [-0.15, -0.1) is 0 Å². The summed E-state index contributed by atoms with van der Waals surface area (Å²) in [6.07, 6.45) is 14.6. The van der Waals surface area contributed by atoms with Gasteiger partial charge in [0, 0.05) is 38.4 Å². The Bertz CT molecular complexity index is 851. The molecule has 6 nitrogen and oxygen atoms in total. The largest absolute Gasteiger partial charge is 0.358 e. The number of aryl methyl sites for hydroxylation is 1. The average molecular weight is 407 g/mol. The van der Waals surface area contributed by atoms with Crippen LogP contribution in [0.5, 0.6) is 0 Å². The third-order valence-electron chi connectivity index (χ3n) is 7.18. The maximum atomic E-state index is 5.09. The van der Waals surface area contributed by atoms with E-state index in [0.717, 1.165) is 38.4 Å². The molecule has 0 bridgehead atoms. The van der Waals surface area contributed by atoms with Crippen molar-refractivity contribution in [1.82, 2.24) is 25.0 Å². The van der Waals surface area contributed by atoms with Crippen molar-refractivity contribution in [3.8, 4) is 0 Å². The van der Waals surface area contributed by atoms with E-state index < -0.39 is 0 Å². The molecular formula is C24H34N6.